The Hall–Kier alpha value is -2.83. The molecule has 1 heterocycles. The normalized spacial score (nSPS) is 13.7. The van der Waals surface area contributed by atoms with Crippen LogP contribution >= 0.6 is 0 Å². The average molecular weight is 356 g/mol. The number of hydrogen-bond acceptors (Lipinski definition) is 4. The minimum absolute atomic E-state index is 0.00295. The average Bonchev–Trinajstić information content (AvgIpc) is 3.34. The molecule has 1 aromatic carbocycles. The zero-order chi connectivity index (χ0) is 18.8. The molecule has 3 rings (SSSR count). The molecule has 0 saturated heterocycles. The highest BCUT2D eigenvalue weighted by molar-refractivity contribution is 5.91. The molecule has 1 aliphatic carbocycles. The van der Waals surface area contributed by atoms with Gasteiger partial charge in [-0.15, -0.1) is 0 Å². The zero-order valence-corrected chi connectivity index (χ0v) is 15.2. The van der Waals surface area contributed by atoms with Crippen LogP contribution in [0.3, 0.4) is 0 Å². The lowest BCUT2D eigenvalue weighted by molar-refractivity contribution is -0.115. The Kier molecular flexibility index (Phi) is 4.97. The van der Waals surface area contributed by atoms with Gasteiger partial charge in [-0.25, -0.2) is 4.79 Å². The molecule has 0 radical (unpaired) electrons. The molecule has 3 N–H and O–H groups in total. The molecule has 0 spiro atoms. The molecular weight excluding hydrogens is 332 g/mol. The molecule has 2 amide bonds. The highest BCUT2D eigenvalue weighted by Gasteiger charge is 2.31. The van der Waals surface area contributed by atoms with Crippen LogP contribution in [-0.4, -0.2) is 32.9 Å². The van der Waals surface area contributed by atoms with E-state index in [4.69, 9.17) is 0 Å². The van der Waals surface area contributed by atoms with Crippen LogP contribution in [0.1, 0.15) is 51.6 Å². The number of carbonyl (C=O) groups excluding carboxylic acids is 2. The molecular formula is C19H24N4O3. The Morgan fingerprint density at radius 2 is 2.04 bits per heavy atom. The van der Waals surface area contributed by atoms with Crippen LogP contribution in [0.5, 0.6) is 5.75 Å². The Morgan fingerprint density at radius 1 is 1.31 bits per heavy atom. The van der Waals surface area contributed by atoms with Crippen LogP contribution in [0, 0.1) is 0 Å². The van der Waals surface area contributed by atoms with Crippen molar-refractivity contribution >= 4 is 17.6 Å². The monoisotopic (exact) mass is 356 g/mol. The third-order valence-corrected chi connectivity index (χ3v) is 4.21. The van der Waals surface area contributed by atoms with Crippen molar-refractivity contribution in [2.45, 2.75) is 52.0 Å². The van der Waals surface area contributed by atoms with Gasteiger partial charge in [0.25, 0.3) is 0 Å². The maximum atomic E-state index is 12.5. The first-order chi connectivity index (χ1) is 12.4. The van der Waals surface area contributed by atoms with E-state index in [9.17, 15) is 14.7 Å². The lowest BCUT2D eigenvalue weighted by Gasteiger charge is -2.10. The van der Waals surface area contributed by atoms with Gasteiger partial charge in [0.1, 0.15) is 5.75 Å². The minimum atomic E-state index is -0.275. The number of phenols is 1. The van der Waals surface area contributed by atoms with Gasteiger partial charge in [0.2, 0.25) is 5.91 Å². The van der Waals surface area contributed by atoms with Crippen LogP contribution in [-0.2, 0) is 4.79 Å². The molecule has 26 heavy (non-hydrogen) atoms. The van der Waals surface area contributed by atoms with Gasteiger partial charge in [0.05, 0.1) is 11.4 Å². The van der Waals surface area contributed by atoms with Gasteiger partial charge in [-0.1, -0.05) is 6.92 Å². The Morgan fingerprint density at radius 3 is 2.65 bits per heavy atom. The predicted octanol–water partition coefficient (Wildman–Crippen LogP) is 3.45. The van der Waals surface area contributed by atoms with Crippen molar-refractivity contribution in [1.29, 1.82) is 0 Å². The number of carbonyl (C=O) groups is 2. The third kappa shape index (κ3) is 3.87. The standard InChI is InChI=1S/C19H24N4O3/c1-4-18(25)21-13-7-8-17(24)14(9-13)15-10-16(12-5-6-12)23(22-15)19(26)20-11(2)3/h7-12,24H,4-6H2,1-3H3,(H,20,26)(H,21,25). The van der Waals surface area contributed by atoms with Crippen LogP contribution < -0.4 is 10.6 Å². The summed E-state index contributed by atoms with van der Waals surface area (Å²) in [6.45, 7) is 5.56. The number of hydrogen-bond donors (Lipinski definition) is 3. The fourth-order valence-electron chi connectivity index (χ4n) is 2.74. The number of nitrogens with zero attached hydrogens (tertiary/aromatic N) is 2. The second-order valence-corrected chi connectivity index (χ2v) is 6.88. The van der Waals surface area contributed by atoms with Crippen molar-refractivity contribution < 1.29 is 14.7 Å². The van der Waals surface area contributed by atoms with E-state index in [2.05, 4.69) is 15.7 Å². The van der Waals surface area contributed by atoms with Crippen LogP contribution in [0.25, 0.3) is 11.3 Å². The lowest BCUT2D eigenvalue weighted by atomic mass is 10.1. The molecule has 138 valence electrons. The Balaban J connectivity index is 1.97. The van der Waals surface area contributed by atoms with Crippen LogP contribution in [0.4, 0.5) is 10.5 Å². The number of anilines is 1. The summed E-state index contributed by atoms with van der Waals surface area (Å²) in [7, 11) is 0. The number of aromatic nitrogens is 2. The number of aromatic hydroxyl groups is 1. The number of amides is 2. The summed E-state index contributed by atoms with van der Waals surface area (Å²) in [5.74, 6) is 0.261. The predicted molar refractivity (Wildman–Crippen MR) is 99.3 cm³/mol. The lowest BCUT2D eigenvalue weighted by Crippen LogP contribution is -2.35. The van der Waals surface area contributed by atoms with Crippen molar-refractivity contribution in [3.8, 4) is 17.0 Å². The van der Waals surface area contributed by atoms with Crippen molar-refractivity contribution in [2.24, 2.45) is 0 Å². The molecule has 7 nitrogen and oxygen atoms in total. The highest BCUT2D eigenvalue weighted by atomic mass is 16.3. The first-order valence-electron chi connectivity index (χ1n) is 8.93. The van der Waals surface area contributed by atoms with E-state index in [1.54, 1.807) is 19.1 Å². The number of phenolic OH excluding ortho intramolecular Hbond substituents is 1. The smallest absolute Gasteiger partial charge is 0.342 e. The molecule has 1 saturated carbocycles. The van der Waals surface area contributed by atoms with Crippen molar-refractivity contribution in [1.82, 2.24) is 15.1 Å². The topological polar surface area (TPSA) is 96.2 Å². The first-order valence-corrected chi connectivity index (χ1v) is 8.93. The molecule has 1 aromatic heterocycles. The molecule has 0 bridgehead atoms. The summed E-state index contributed by atoms with van der Waals surface area (Å²) in [5.41, 5.74) is 2.42. The number of rotatable bonds is 5. The van der Waals surface area contributed by atoms with E-state index in [0.717, 1.165) is 18.5 Å². The first kappa shape index (κ1) is 18.0. The number of nitrogens with one attached hydrogen (secondary N) is 2. The Labute approximate surface area is 152 Å². The molecule has 1 aliphatic rings. The summed E-state index contributed by atoms with van der Waals surface area (Å²) in [6, 6.07) is 6.40. The second kappa shape index (κ2) is 7.19. The van der Waals surface area contributed by atoms with Crippen molar-refractivity contribution in [3.63, 3.8) is 0 Å². The molecule has 0 aliphatic heterocycles. The second-order valence-electron chi connectivity index (χ2n) is 6.88. The molecule has 0 unspecified atom stereocenters. The van der Waals surface area contributed by atoms with E-state index in [0.29, 0.717) is 29.3 Å². The maximum Gasteiger partial charge on any atom is 0.342 e. The Bertz CT molecular complexity index is 837. The van der Waals surface area contributed by atoms with E-state index < -0.39 is 0 Å². The van der Waals surface area contributed by atoms with E-state index in [-0.39, 0.29) is 23.7 Å². The number of benzene rings is 1. The van der Waals surface area contributed by atoms with Gasteiger partial charge >= 0.3 is 6.03 Å². The molecule has 7 heteroatoms. The SMILES string of the molecule is CCC(=O)Nc1ccc(O)c(-c2cc(C3CC3)n(C(=O)NC(C)C)n2)c1. The van der Waals surface area contributed by atoms with Gasteiger partial charge in [-0.2, -0.15) is 9.78 Å². The summed E-state index contributed by atoms with van der Waals surface area (Å²) in [4.78, 5) is 24.1. The summed E-state index contributed by atoms with van der Waals surface area (Å²) >= 11 is 0. The summed E-state index contributed by atoms with van der Waals surface area (Å²) in [6.07, 6.45) is 2.42. The summed E-state index contributed by atoms with van der Waals surface area (Å²) < 4.78 is 1.39. The van der Waals surface area contributed by atoms with Gasteiger partial charge < -0.3 is 15.7 Å². The quantitative estimate of drug-likeness (QED) is 0.715. The molecule has 1 fully saturated rings. The van der Waals surface area contributed by atoms with Crippen molar-refractivity contribution in [3.05, 3.63) is 30.0 Å². The minimum Gasteiger partial charge on any atom is -0.507 e. The van der Waals surface area contributed by atoms with Crippen LogP contribution in [0.15, 0.2) is 24.3 Å². The maximum absolute atomic E-state index is 12.5. The van der Waals surface area contributed by atoms with Gasteiger partial charge in [0.15, 0.2) is 0 Å². The van der Waals surface area contributed by atoms with Gasteiger partial charge in [-0.05, 0) is 51.0 Å². The largest absolute Gasteiger partial charge is 0.507 e. The molecule has 2 aromatic rings. The van der Waals surface area contributed by atoms with Gasteiger partial charge in [-0.3, -0.25) is 4.79 Å². The fraction of sp³-hybridized carbons (Fsp3) is 0.421. The van der Waals surface area contributed by atoms with Crippen molar-refractivity contribution in [2.75, 3.05) is 5.32 Å². The third-order valence-electron chi connectivity index (χ3n) is 4.21. The van der Waals surface area contributed by atoms with E-state index >= 15 is 0 Å². The van der Waals surface area contributed by atoms with E-state index in [1.807, 2.05) is 19.9 Å². The zero-order valence-electron chi connectivity index (χ0n) is 15.2. The summed E-state index contributed by atoms with van der Waals surface area (Å²) in [5, 5.41) is 20.3. The highest BCUT2D eigenvalue weighted by Crippen LogP contribution is 2.42. The van der Waals surface area contributed by atoms with Gasteiger partial charge in [0, 0.05) is 29.6 Å². The molecule has 0 atom stereocenters. The fourth-order valence-corrected chi connectivity index (χ4v) is 2.74. The van der Waals surface area contributed by atoms with E-state index in [1.165, 1.54) is 10.7 Å². The van der Waals surface area contributed by atoms with Crippen LogP contribution in [0.2, 0.25) is 0 Å².